The summed E-state index contributed by atoms with van der Waals surface area (Å²) in [6, 6.07) is -1.03. The molecule has 2 rings (SSSR count). The predicted molar refractivity (Wildman–Crippen MR) is 78.6 cm³/mol. The van der Waals surface area contributed by atoms with Crippen molar-refractivity contribution in [2.75, 3.05) is 24.5 Å². The average molecular weight is 326 g/mol. The van der Waals surface area contributed by atoms with Crippen molar-refractivity contribution in [1.29, 1.82) is 0 Å². The Hall–Kier alpha value is -2.45. The average Bonchev–Trinajstić information content (AvgIpc) is 2.45. The fraction of sp³-hybridized carbons (Fsp3) is 0.571. The first-order chi connectivity index (χ1) is 10.7. The minimum absolute atomic E-state index is 0.0645. The summed E-state index contributed by atoms with van der Waals surface area (Å²) >= 11 is 0. The maximum atomic E-state index is 12.9. The highest BCUT2D eigenvalue weighted by Crippen LogP contribution is 2.19. The lowest BCUT2D eigenvalue weighted by Gasteiger charge is -2.39. The van der Waals surface area contributed by atoms with Crippen LogP contribution in [0.4, 0.5) is 15.1 Å². The second kappa shape index (κ2) is 6.35. The fourth-order valence-electron chi connectivity index (χ4n) is 2.18. The highest BCUT2D eigenvalue weighted by Gasteiger charge is 2.37. The van der Waals surface area contributed by atoms with E-state index in [1.54, 1.807) is 20.8 Å². The van der Waals surface area contributed by atoms with E-state index in [2.05, 4.69) is 9.97 Å². The first-order valence-electron chi connectivity index (χ1n) is 7.12. The number of halogens is 1. The molecular weight excluding hydrogens is 307 g/mol. The largest absolute Gasteiger partial charge is 0.480 e. The third kappa shape index (κ3) is 4.27. The van der Waals surface area contributed by atoms with Crippen molar-refractivity contribution in [2.45, 2.75) is 32.4 Å². The molecule has 126 valence electrons. The topological polar surface area (TPSA) is 95.9 Å². The number of carboxylic acid groups (broad SMARTS) is 1. The van der Waals surface area contributed by atoms with E-state index in [0.29, 0.717) is 0 Å². The van der Waals surface area contributed by atoms with E-state index in [1.807, 2.05) is 0 Å². The Morgan fingerprint density at radius 1 is 1.30 bits per heavy atom. The molecule has 0 aromatic carbocycles. The van der Waals surface area contributed by atoms with Gasteiger partial charge in [0.2, 0.25) is 5.95 Å². The van der Waals surface area contributed by atoms with Crippen molar-refractivity contribution >= 4 is 18.0 Å². The third-order valence-corrected chi connectivity index (χ3v) is 3.18. The molecule has 1 amide bonds. The van der Waals surface area contributed by atoms with Gasteiger partial charge in [-0.2, -0.15) is 0 Å². The summed E-state index contributed by atoms with van der Waals surface area (Å²) in [5, 5.41) is 9.41. The number of anilines is 1. The summed E-state index contributed by atoms with van der Waals surface area (Å²) in [6.45, 7) is 5.62. The number of hydrogen-bond donors (Lipinski definition) is 1. The van der Waals surface area contributed by atoms with Gasteiger partial charge in [0.25, 0.3) is 0 Å². The SMILES string of the molecule is CC(C)(C)OC(=O)N1CCN(c2ncc(F)cn2)[C@@H](C(=O)O)C1. The zero-order valence-electron chi connectivity index (χ0n) is 13.2. The molecule has 0 aliphatic carbocycles. The Morgan fingerprint density at radius 3 is 2.43 bits per heavy atom. The van der Waals surface area contributed by atoms with Crippen molar-refractivity contribution < 1.29 is 23.8 Å². The number of aromatic nitrogens is 2. The summed E-state index contributed by atoms with van der Waals surface area (Å²) in [5.74, 6) is -1.61. The van der Waals surface area contributed by atoms with Gasteiger partial charge >= 0.3 is 12.1 Å². The van der Waals surface area contributed by atoms with Crippen LogP contribution in [-0.2, 0) is 9.53 Å². The molecule has 1 saturated heterocycles. The third-order valence-electron chi connectivity index (χ3n) is 3.18. The van der Waals surface area contributed by atoms with E-state index < -0.39 is 29.5 Å². The van der Waals surface area contributed by atoms with Gasteiger partial charge in [0.1, 0.15) is 11.6 Å². The second-order valence-corrected chi connectivity index (χ2v) is 6.18. The minimum Gasteiger partial charge on any atom is -0.480 e. The van der Waals surface area contributed by atoms with Crippen LogP contribution in [0.15, 0.2) is 12.4 Å². The molecular formula is C14H19FN4O4. The molecule has 1 aliphatic heterocycles. The maximum absolute atomic E-state index is 12.9. The van der Waals surface area contributed by atoms with Crippen molar-refractivity contribution in [3.8, 4) is 0 Å². The summed E-state index contributed by atoms with van der Waals surface area (Å²) < 4.78 is 18.2. The van der Waals surface area contributed by atoms with E-state index in [0.717, 1.165) is 12.4 Å². The number of nitrogens with zero attached hydrogens (tertiary/aromatic N) is 4. The molecule has 8 nitrogen and oxygen atoms in total. The Kier molecular flexibility index (Phi) is 4.67. The number of carbonyl (C=O) groups is 2. The van der Waals surface area contributed by atoms with Gasteiger partial charge in [0.15, 0.2) is 5.82 Å². The number of rotatable bonds is 2. The van der Waals surface area contributed by atoms with Crippen LogP contribution in [-0.4, -0.2) is 63.3 Å². The fourth-order valence-corrected chi connectivity index (χ4v) is 2.18. The minimum atomic E-state index is -1.12. The Morgan fingerprint density at radius 2 is 1.91 bits per heavy atom. The number of hydrogen-bond acceptors (Lipinski definition) is 6. The van der Waals surface area contributed by atoms with Crippen LogP contribution < -0.4 is 4.90 Å². The van der Waals surface area contributed by atoms with Gasteiger partial charge in [-0.1, -0.05) is 0 Å². The van der Waals surface area contributed by atoms with E-state index >= 15 is 0 Å². The Bertz CT molecular complexity index is 587. The van der Waals surface area contributed by atoms with Gasteiger partial charge in [0.05, 0.1) is 18.9 Å². The molecule has 23 heavy (non-hydrogen) atoms. The lowest BCUT2D eigenvalue weighted by Crippen LogP contribution is -2.59. The van der Waals surface area contributed by atoms with E-state index in [1.165, 1.54) is 9.80 Å². The van der Waals surface area contributed by atoms with Gasteiger partial charge in [0, 0.05) is 13.1 Å². The quantitative estimate of drug-likeness (QED) is 0.870. The predicted octanol–water partition coefficient (Wildman–Crippen LogP) is 1.13. The van der Waals surface area contributed by atoms with Crippen LogP contribution in [0.25, 0.3) is 0 Å². The highest BCUT2D eigenvalue weighted by molar-refractivity contribution is 5.79. The standard InChI is InChI=1S/C14H19FN4O4/c1-14(2,3)23-13(22)18-4-5-19(10(8-18)11(20)21)12-16-6-9(15)7-17-12/h6-7,10H,4-5,8H2,1-3H3,(H,20,21)/t10-/m1/s1. The zero-order valence-corrected chi connectivity index (χ0v) is 13.2. The number of carbonyl (C=O) groups excluding carboxylic acids is 1. The Balaban J connectivity index is 2.13. The van der Waals surface area contributed by atoms with Gasteiger partial charge < -0.3 is 19.6 Å². The molecule has 1 aromatic rings. The molecule has 9 heteroatoms. The molecule has 1 fully saturated rings. The van der Waals surface area contributed by atoms with Gasteiger partial charge in [-0.15, -0.1) is 0 Å². The summed E-state index contributed by atoms with van der Waals surface area (Å²) in [5.41, 5.74) is -0.660. The Labute approximate surface area is 132 Å². The van der Waals surface area contributed by atoms with Crippen molar-refractivity contribution in [2.24, 2.45) is 0 Å². The summed E-state index contributed by atoms with van der Waals surface area (Å²) in [7, 11) is 0. The monoisotopic (exact) mass is 326 g/mol. The smallest absolute Gasteiger partial charge is 0.410 e. The first-order valence-corrected chi connectivity index (χ1v) is 7.12. The van der Waals surface area contributed by atoms with Crippen molar-refractivity contribution in [1.82, 2.24) is 14.9 Å². The molecule has 1 N–H and O–H groups in total. The van der Waals surface area contributed by atoms with Gasteiger partial charge in [-0.3, -0.25) is 0 Å². The van der Waals surface area contributed by atoms with Crippen LogP contribution in [0.3, 0.4) is 0 Å². The molecule has 0 unspecified atom stereocenters. The van der Waals surface area contributed by atoms with E-state index in [9.17, 15) is 19.1 Å². The maximum Gasteiger partial charge on any atom is 0.410 e. The second-order valence-electron chi connectivity index (χ2n) is 6.18. The summed E-state index contributed by atoms with van der Waals surface area (Å²) in [6.07, 6.45) is 1.38. The lowest BCUT2D eigenvalue weighted by atomic mass is 10.1. The van der Waals surface area contributed by atoms with Crippen LogP contribution >= 0.6 is 0 Å². The number of carboxylic acids is 1. The highest BCUT2D eigenvalue weighted by atomic mass is 19.1. The van der Waals surface area contributed by atoms with Gasteiger partial charge in [-0.25, -0.2) is 23.9 Å². The van der Waals surface area contributed by atoms with E-state index in [-0.39, 0.29) is 25.6 Å². The number of aliphatic carboxylic acids is 1. The normalized spacial score (nSPS) is 18.7. The summed E-state index contributed by atoms with van der Waals surface area (Å²) in [4.78, 5) is 34.0. The molecule has 0 radical (unpaired) electrons. The number of piperazine rings is 1. The molecule has 0 bridgehead atoms. The number of amides is 1. The van der Waals surface area contributed by atoms with Crippen LogP contribution in [0.1, 0.15) is 20.8 Å². The molecule has 0 saturated carbocycles. The molecule has 1 aromatic heterocycles. The van der Waals surface area contributed by atoms with Crippen molar-refractivity contribution in [3.05, 3.63) is 18.2 Å². The van der Waals surface area contributed by atoms with E-state index in [4.69, 9.17) is 4.74 Å². The van der Waals surface area contributed by atoms with Crippen molar-refractivity contribution in [3.63, 3.8) is 0 Å². The molecule has 2 heterocycles. The van der Waals surface area contributed by atoms with Crippen LogP contribution in [0.2, 0.25) is 0 Å². The van der Waals surface area contributed by atoms with Crippen LogP contribution in [0, 0.1) is 5.82 Å². The molecule has 0 spiro atoms. The zero-order chi connectivity index (χ0) is 17.2. The first kappa shape index (κ1) is 16.9. The molecule has 1 atom stereocenters. The van der Waals surface area contributed by atoms with Gasteiger partial charge in [-0.05, 0) is 20.8 Å². The number of ether oxygens (including phenoxy) is 1. The molecule has 1 aliphatic rings. The van der Waals surface area contributed by atoms with Crippen LogP contribution in [0.5, 0.6) is 0 Å². The lowest BCUT2D eigenvalue weighted by molar-refractivity contribution is -0.139.